The van der Waals surface area contributed by atoms with E-state index >= 15 is 0 Å². The van der Waals surface area contributed by atoms with Crippen molar-refractivity contribution >= 4 is 0 Å². The van der Waals surface area contributed by atoms with E-state index in [1.54, 1.807) is 0 Å². The molecule has 3 heteroatoms. The van der Waals surface area contributed by atoms with Crippen molar-refractivity contribution in [1.29, 1.82) is 0 Å². The van der Waals surface area contributed by atoms with Crippen molar-refractivity contribution < 1.29 is 0 Å². The molecule has 0 aromatic heterocycles. The van der Waals surface area contributed by atoms with Crippen LogP contribution in [-0.4, -0.2) is 62.2 Å². The highest BCUT2D eigenvalue weighted by Crippen LogP contribution is 2.17. The summed E-state index contributed by atoms with van der Waals surface area (Å²) in [6.07, 6.45) is 2.75. The summed E-state index contributed by atoms with van der Waals surface area (Å²) in [4.78, 5) is 5.03. The highest BCUT2D eigenvalue weighted by Gasteiger charge is 2.29. The van der Waals surface area contributed by atoms with E-state index in [0.29, 0.717) is 0 Å². The molecule has 13 heavy (non-hydrogen) atoms. The first kappa shape index (κ1) is 9.44. The summed E-state index contributed by atoms with van der Waals surface area (Å²) >= 11 is 0. The molecular weight excluding hydrogens is 162 g/mol. The number of rotatable bonds is 2. The maximum Gasteiger partial charge on any atom is 0.0346 e. The molecule has 76 valence electrons. The molecule has 2 saturated heterocycles. The number of hydrogen-bond acceptors (Lipinski definition) is 3. The van der Waals surface area contributed by atoms with Crippen LogP contribution >= 0.6 is 0 Å². The van der Waals surface area contributed by atoms with Crippen LogP contribution in [0.25, 0.3) is 0 Å². The highest BCUT2D eigenvalue weighted by molar-refractivity contribution is 4.89. The Bertz CT molecular complexity index is 166. The summed E-state index contributed by atoms with van der Waals surface area (Å²) < 4.78 is 0. The van der Waals surface area contributed by atoms with Gasteiger partial charge >= 0.3 is 0 Å². The molecule has 2 heterocycles. The maximum absolute atomic E-state index is 3.35. The van der Waals surface area contributed by atoms with Crippen LogP contribution in [0, 0.1) is 0 Å². The molecule has 0 aromatic carbocycles. The number of likely N-dealkylation sites (N-methyl/N-ethyl adjacent to an activating group) is 1. The molecule has 0 aliphatic carbocycles. The molecule has 0 radical (unpaired) electrons. The number of nitrogens with one attached hydrogen (secondary N) is 1. The van der Waals surface area contributed by atoms with E-state index in [1.165, 1.54) is 39.0 Å². The van der Waals surface area contributed by atoms with Gasteiger partial charge in [0, 0.05) is 31.7 Å². The average molecular weight is 183 g/mol. The molecule has 0 saturated carbocycles. The minimum atomic E-state index is 0.786. The first-order valence-corrected chi connectivity index (χ1v) is 5.38. The fraction of sp³-hybridized carbons (Fsp3) is 1.00. The minimum absolute atomic E-state index is 0.786. The van der Waals surface area contributed by atoms with E-state index in [1.807, 2.05) is 0 Å². The minimum Gasteiger partial charge on any atom is -0.314 e. The van der Waals surface area contributed by atoms with Gasteiger partial charge in [0.1, 0.15) is 0 Å². The Balaban J connectivity index is 1.84. The van der Waals surface area contributed by atoms with Gasteiger partial charge in [-0.1, -0.05) is 0 Å². The van der Waals surface area contributed by atoms with Gasteiger partial charge in [0.05, 0.1) is 0 Å². The maximum atomic E-state index is 3.35. The molecule has 1 unspecified atom stereocenters. The fourth-order valence-corrected chi connectivity index (χ4v) is 2.27. The molecule has 1 N–H and O–H groups in total. The molecule has 0 bridgehead atoms. The fourth-order valence-electron chi connectivity index (χ4n) is 2.27. The molecule has 0 spiro atoms. The lowest BCUT2D eigenvalue weighted by molar-refractivity contribution is 0.0723. The van der Waals surface area contributed by atoms with E-state index in [2.05, 4.69) is 29.2 Å². The summed E-state index contributed by atoms with van der Waals surface area (Å²) in [6, 6.07) is 1.62. The van der Waals surface area contributed by atoms with E-state index in [9.17, 15) is 0 Å². The largest absolute Gasteiger partial charge is 0.314 e. The third kappa shape index (κ3) is 2.03. The van der Waals surface area contributed by atoms with Crippen molar-refractivity contribution in [2.45, 2.75) is 24.9 Å². The molecular formula is C10H21N3. The van der Waals surface area contributed by atoms with Crippen molar-refractivity contribution in [3.63, 3.8) is 0 Å². The van der Waals surface area contributed by atoms with Crippen molar-refractivity contribution in [3.05, 3.63) is 0 Å². The molecule has 2 aliphatic heterocycles. The Morgan fingerprint density at radius 1 is 1.31 bits per heavy atom. The lowest BCUT2D eigenvalue weighted by Crippen LogP contribution is -2.61. The highest BCUT2D eigenvalue weighted by atomic mass is 15.3. The zero-order chi connectivity index (χ0) is 9.26. The second-order valence-corrected chi connectivity index (χ2v) is 4.57. The number of piperidine rings is 1. The smallest absolute Gasteiger partial charge is 0.0346 e. The van der Waals surface area contributed by atoms with Gasteiger partial charge in [0.25, 0.3) is 0 Å². The molecule has 0 amide bonds. The SMILES string of the molecule is CN(C)C1CCCN(C2CNC2)C1. The van der Waals surface area contributed by atoms with E-state index in [-0.39, 0.29) is 0 Å². The Hall–Kier alpha value is -0.120. The Labute approximate surface area is 81.1 Å². The van der Waals surface area contributed by atoms with Crippen molar-refractivity contribution in [2.24, 2.45) is 0 Å². The van der Waals surface area contributed by atoms with Crippen LogP contribution in [0.4, 0.5) is 0 Å². The second-order valence-electron chi connectivity index (χ2n) is 4.57. The monoisotopic (exact) mass is 183 g/mol. The van der Waals surface area contributed by atoms with Crippen LogP contribution in [0.15, 0.2) is 0 Å². The molecule has 0 aromatic rings. The van der Waals surface area contributed by atoms with Gasteiger partial charge in [0.2, 0.25) is 0 Å². The lowest BCUT2D eigenvalue weighted by atomic mass is 10.0. The zero-order valence-corrected chi connectivity index (χ0v) is 8.79. The standard InChI is InChI=1S/C10H21N3/c1-12(2)9-4-3-5-13(8-9)10-6-11-7-10/h9-11H,3-8H2,1-2H3. The van der Waals surface area contributed by atoms with Crippen molar-refractivity contribution in [3.8, 4) is 0 Å². The van der Waals surface area contributed by atoms with Gasteiger partial charge in [-0.25, -0.2) is 0 Å². The third-order valence-electron chi connectivity index (χ3n) is 3.43. The molecule has 1 atom stereocenters. The summed E-state index contributed by atoms with van der Waals surface area (Å²) in [5, 5.41) is 3.35. The Kier molecular flexibility index (Phi) is 2.86. The number of hydrogen-bond donors (Lipinski definition) is 1. The summed E-state index contributed by atoms with van der Waals surface area (Å²) in [6.45, 7) is 5.01. The van der Waals surface area contributed by atoms with Crippen molar-refractivity contribution in [1.82, 2.24) is 15.1 Å². The van der Waals surface area contributed by atoms with Crippen LogP contribution in [0.5, 0.6) is 0 Å². The quantitative estimate of drug-likeness (QED) is 0.649. The first-order chi connectivity index (χ1) is 6.27. The van der Waals surface area contributed by atoms with Gasteiger partial charge in [0.15, 0.2) is 0 Å². The van der Waals surface area contributed by atoms with Crippen molar-refractivity contribution in [2.75, 3.05) is 40.3 Å². The Morgan fingerprint density at radius 3 is 2.62 bits per heavy atom. The van der Waals surface area contributed by atoms with Gasteiger partial charge in [-0.15, -0.1) is 0 Å². The second kappa shape index (κ2) is 3.95. The predicted octanol–water partition coefficient (Wildman–Crippen LogP) is -0.0158. The van der Waals surface area contributed by atoms with Crippen LogP contribution in [0.2, 0.25) is 0 Å². The number of likely N-dealkylation sites (tertiary alicyclic amines) is 1. The van der Waals surface area contributed by atoms with Crippen LogP contribution in [0.3, 0.4) is 0 Å². The molecule has 2 aliphatic rings. The van der Waals surface area contributed by atoms with E-state index in [4.69, 9.17) is 0 Å². The normalized spacial score (nSPS) is 32.1. The first-order valence-electron chi connectivity index (χ1n) is 5.38. The van der Waals surface area contributed by atoms with Gasteiger partial charge in [-0.2, -0.15) is 0 Å². The van der Waals surface area contributed by atoms with Gasteiger partial charge in [-0.3, -0.25) is 4.90 Å². The summed E-state index contributed by atoms with van der Waals surface area (Å²) in [5.74, 6) is 0. The van der Waals surface area contributed by atoms with Crippen LogP contribution < -0.4 is 5.32 Å². The molecule has 3 nitrogen and oxygen atoms in total. The lowest BCUT2D eigenvalue weighted by Gasteiger charge is -2.44. The number of nitrogens with zero attached hydrogens (tertiary/aromatic N) is 2. The zero-order valence-electron chi connectivity index (χ0n) is 8.79. The average Bonchev–Trinajstić information content (AvgIpc) is 2.01. The van der Waals surface area contributed by atoms with Gasteiger partial charge < -0.3 is 10.2 Å². The summed E-state index contributed by atoms with van der Waals surface area (Å²) in [5.41, 5.74) is 0. The Morgan fingerprint density at radius 2 is 2.08 bits per heavy atom. The van der Waals surface area contributed by atoms with E-state index < -0.39 is 0 Å². The third-order valence-corrected chi connectivity index (χ3v) is 3.43. The van der Waals surface area contributed by atoms with Crippen LogP contribution in [0.1, 0.15) is 12.8 Å². The summed E-state index contributed by atoms with van der Waals surface area (Å²) in [7, 11) is 4.40. The van der Waals surface area contributed by atoms with Crippen LogP contribution in [-0.2, 0) is 0 Å². The molecule has 2 fully saturated rings. The van der Waals surface area contributed by atoms with Gasteiger partial charge in [-0.05, 0) is 33.5 Å². The predicted molar refractivity (Wildman–Crippen MR) is 54.9 cm³/mol. The molecule has 2 rings (SSSR count). The van der Waals surface area contributed by atoms with E-state index in [0.717, 1.165) is 12.1 Å². The topological polar surface area (TPSA) is 18.5 Å².